The Balaban J connectivity index is 1.40. The van der Waals surface area contributed by atoms with Crippen molar-refractivity contribution in [1.29, 1.82) is 0 Å². The van der Waals surface area contributed by atoms with Gasteiger partial charge in [-0.15, -0.1) is 0 Å². The number of hydrogen-bond acceptors (Lipinski definition) is 5. The quantitative estimate of drug-likeness (QED) is 0.520. The van der Waals surface area contributed by atoms with Crippen LogP contribution in [0.25, 0.3) is 10.9 Å². The molecule has 0 atom stereocenters. The molecule has 1 amide bonds. The molecule has 142 valence electrons. The van der Waals surface area contributed by atoms with Crippen LogP contribution in [0.1, 0.15) is 17.3 Å². The van der Waals surface area contributed by atoms with Crippen molar-refractivity contribution in [3.63, 3.8) is 0 Å². The van der Waals surface area contributed by atoms with Gasteiger partial charge in [-0.3, -0.25) is 9.59 Å². The van der Waals surface area contributed by atoms with Crippen molar-refractivity contribution in [3.05, 3.63) is 66.2 Å². The summed E-state index contributed by atoms with van der Waals surface area (Å²) in [6.45, 7) is 4.10. The molecule has 0 unspecified atom stereocenters. The monoisotopic (exact) mass is 375 g/mol. The molecule has 1 aromatic heterocycles. The number of carbonyl (C=O) groups excluding carboxylic acids is 2. The van der Waals surface area contributed by atoms with Gasteiger partial charge in [-0.25, -0.2) is 4.98 Å². The summed E-state index contributed by atoms with van der Waals surface area (Å²) in [6, 6.07) is 18.8. The molecule has 1 aliphatic heterocycles. The molecule has 0 spiro atoms. The topological polar surface area (TPSA) is 62.7 Å². The molecule has 4 rings (SSSR count). The Morgan fingerprint density at radius 3 is 2.32 bits per heavy atom. The zero-order valence-electron chi connectivity index (χ0n) is 15.7. The van der Waals surface area contributed by atoms with Crippen molar-refractivity contribution in [3.8, 4) is 5.75 Å². The Morgan fingerprint density at radius 1 is 0.893 bits per heavy atom. The van der Waals surface area contributed by atoms with Crippen molar-refractivity contribution in [2.75, 3.05) is 31.1 Å². The van der Waals surface area contributed by atoms with Crippen LogP contribution in [0, 0.1) is 0 Å². The highest BCUT2D eigenvalue weighted by Crippen LogP contribution is 2.20. The highest BCUT2D eigenvalue weighted by atomic mass is 16.5. The SMILES string of the molecule is CC(=O)Oc1ccc(C(=O)N2CCN(c3ccc4ccccc4n3)CC2)cc1. The number of piperazine rings is 1. The van der Waals surface area contributed by atoms with E-state index in [9.17, 15) is 9.59 Å². The Bertz CT molecular complexity index is 1010. The summed E-state index contributed by atoms with van der Waals surface area (Å²) >= 11 is 0. The van der Waals surface area contributed by atoms with Crippen LogP contribution in [0.15, 0.2) is 60.7 Å². The van der Waals surface area contributed by atoms with E-state index in [4.69, 9.17) is 9.72 Å². The minimum Gasteiger partial charge on any atom is -0.427 e. The summed E-state index contributed by atoms with van der Waals surface area (Å²) < 4.78 is 5.01. The van der Waals surface area contributed by atoms with Crippen molar-refractivity contribution in [2.24, 2.45) is 0 Å². The normalized spacial score (nSPS) is 14.2. The predicted octanol–water partition coefficient (Wildman–Crippen LogP) is 3.12. The number of anilines is 1. The van der Waals surface area contributed by atoms with Crippen LogP contribution in [-0.2, 0) is 4.79 Å². The Labute approximate surface area is 163 Å². The molecule has 1 fully saturated rings. The summed E-state index contributed by atoms with van der Waals surface area (Å²) in [5, 5.41) is 1.12. The van der Waals surface area contributed by atoms with Gasteiger partial charge in [-0.1, -0.05) is 18.2 Å². The van der Waals surface area contributed by atoms with E-state index in [-0.39, 0.29) is 11.9 Å². The number of para-hydroxylation sites is 1. The maximum Gasteiger partial charge on any atom is 0.308 e. The van der Waals surface area contributed by atoms with Crippen LogP contribution < -0.4 is 9.64 Å². The van der Waals surface area contributed by atoms with Gasteiger partial charge in [0.15, 0.2) is 0 Å². The number of amides is 1. The van der Waals surface area contributed by atoms with Crippen LogP contribution >= 0.6 is 0 Å². The van der Waals surface area contributed by atoms with E-state index in [1.165, 1.54) is 6.92 Å². The van der Waals surface area contributed by atoms with Gasteiger partial charge in [0.05, 0.1) is 5.52 Å². The first kappa shape index (κ1) is 18.0. The number of pyridine rings is 1. The fourth-order valence-electron chi connectivity index (χ4n) is 3.38. The number of benzene rings is 2. The lowest BCUT2D eigenvalue weighted by atomic mass is 10.1. The molecule has 28 heavy (non-hydrogen) atoms. The zero-order chi connectivity index (χ0) is 19.5. The lowest BCUT2D eigenvalue weighted by Crippen LogP contribution is -2.49. The van der Waals surface area contributed by atoms with Crippen LogP contribution in [0.2, 0.25) is 0 Å². The highest BCUT2D eigenvalue weighted by molar-refractivity contribution is 5.94. The van der Waals surface area contributed by atoms with E-state index >= 15 is 0 Å². The van der Waals surface area contributed by atoms with Crippen molar-refractivity contribution < 1.29 is 14.3 Å². The first-order valence-electron chi connectivity index (χ1n) is 9.29. The molecule has 1 saturated heterocycles. The fraction of sp³-hybridized carbons (Fsp3) is 0.227. The van der Waals surface area contributed by atoms with Crippen molar-refractivity contribution in [2.45, 2.75) is 6.92 Å². The second kappa shape index (κ2) is 7.68. The minimum absolute atomic E-state index is 0.0134. The Morgan fingerprint density at radius 2 is 1.61 bits per heavy atom. The molecule has 0 radical (unpaired) electrons. The summed E-state index contributed by atoms with van der Waals surface area (Å²) in [4.78, 5) is 32.5. The van der Waals surface area contributed by atoms with Crippen molar-refractivity contribution >= 4 is 28.6 Å². The summed E-state index contributed by atoms with van der Waals surface area (Å²) in [7, 11) is 0. The van der Waals surface area contributed by atoms with E-state index in [1.807, 2.05) is 29.2 Å². The fourth-order valence-corrected chi connectivity index (χ4v) is 3.38. The van der Waals surface area contributed by atoms with Gasteiger partial charge < -0.3 is 14.5 Å². The zero-order valence-corrected chi connectivity index (χ0v) is 15.7. The van der Waals surface area contributed by atoms with Gasteiger partial charge in [0.2, 0.25) is 0 Å². The number of carbonyl (C=O) groups is 2. The van der Waals surface area contributed by atoms with Crippen LogP contribution in [0.5, 0.6) is 5.75 Å². The van der Waals surface area contributed by atoms with Gasteiger partial charge in [-0.05, 0) is 42.5 Å². The molecule has 1 aliphatic rings. The number of aromatic nitrogens is 1. The molecule has 0 N–H and O–H groups in total. The molecule has 0 bridgehead atoms. The molecule has 2 aromatic carbocycles. The first-order chi connectivity index (χ1) is 13.6. The second-order valence-corrected chi connectivity index (χ2v) is 6.76. The number of fused-ring (bicyclic) bond motifs is 1. The highest BCUT2D eigenvalue weighted by Gasteiger charge is 2.23. The predicted molar refractivity (Wildman–Crippen MR) is 108 cm³/mol. The van der Waals surface area contributed by atoms with Crippen LogP contribution in [0.4, 0.5) is 5.82 Å². The van der Waals surface area contributed by atoms with Gasteiger partial charge in [0.25, 0.3) is 5.91 Å². The Kier molecular flexibility index (Phi) is 4.93. The number of hydrogen-bond donors (Lipinski definition) is 0. The lowest BCUT2D eigenvalue weighted by Gasteiger charge is -2.35. The third kappa shape index (κ3) is 3.81. The van der Waals surface area contributed by atoms with Gasteiger partial charge in [-0.2, -0.15) is 0 Å². The van der Waals surface area contributed by atoms with E-state index in [0.717, 1.165) is 29.8 Å². The lowest BCUT2D eigenvalue weighted by molar-refractivity contribution is -0.131. The average molecular weight is 375 g/mol. The summed E-state index contributed by atoms with van der Waals surface area (Å²) in [5.74, 6) is 0.991. The molecule has 6 heteroatoms. The minimum atomic E-state index is -0.377. The Hall–Kier alpha value is -3.41. The van der Waals surface area contributed by atoms with E-state index in [0.29, 0.717) is 24.4 Å². The van der Waals surface area contributed by atoms with Gasteiger partial charge in [0, 0.05) is 44.1 Å². The molecule has 2 heterocycles. The summed E-state index contributed by atoms with van der Waals surface area (Å²) in [6.07, 6.45) is 0. The maximum absolute atomic E-state index is 12.7. The molecule has 0 aliphatic carbocycles. The average Bonchev–Trinajstić information content (AvgIpc) is 2.73. The number of nitrogens with zero attached hydrogens (tertiary/aromatic N) is 3. The van der Waals surface area contributed by atoms with Crippen LogP contribution in [-0.4, -0.2) is 47.9 Å². The second-order valence-electron chi connectivity index (χ2n) is 6.76. The number of ether oxygens (including phenoxy) is 1. The third-order valence-corrected chi connectivity index (χ3v) is 4.84. The van der Waals surface area contributed by atoms with Crippen molar-refractivity contribution in [1.82, 2.24) is 9.88 Å². The smallest absolute Gasteiger partial charge is 0.308 e. The third-order valence-electron chi connectivity index (χ3n) is 4.84. The molecule has 6 nitrogen and oxygen atoms in total. The maximum atomic E-state index is 12.7. The molecular weight excluding hydrogens is 354 g/mol. The molecule has 3 aromatic rings. The first-order valence-corrected chi connectivity index (χ1v) is 9.29. The molecular formula is C22H21N3O3. The number of esters is 1. The van der Waals surface area contributed by atoms with Crippen LogP contribution in [0.3, 0.4) is 0 Å². The standard InChI is InChI=1S/C22H21N3O3/c1-16(26)28-19-9-6-18(7-10-19)22(27)25-14-12-24(13-15-25)21-11-8-17-4-2-3-5-20(17)23-21/h2-11H,12-15H2,1H3. The van der Waals surface area contributed by atoms with E-state index in [2.05, 4.69) is 17.0 Å². The molecule has 0 saturated carbocycles. The van der Waals surface area contributed by atoms with E-state index < -0.39 is 0 Å². The largest absolute Gasteiger partial charge is 0.427 e. The summed E-state index contributed by atoms with van der Waals surface area (Å²) in [5.41, 5.74) is 1.57. The van der Waals surface area contributed by atoms with Gasteiger partial charge >= 0.3 is 5.97 Å². The number of rotatable bonds is 3. The van der Waals surface area contributed by atoms with E-state index in [1.54, 1.807) is 24.3 Å². The van der Waals surface area contributed by atoms with Gasteiger partial charge in [0.1, 0.15) is 11.6 Å².